The maximum atomic E-state index is 12.6. The Hall–Kier alpha value is -2.13. The van der Waals surface area contributed by atoms with Crippen LogP contribution in [0.4, 0.5) is 0 Å². The summed E-state index contributed by atoms with van der Waals surface area (Å²) in [5.74, 6) is -0.355. The third kappa shape index (κ3) is 3.85. The van der Waals surface area contributed by atoms with E-state index in [0.717, 1.165) is 31.5 Å². The molecule has 0 aliphatic carbocycles. The van der Waals surface area contributed by atoms with E-state index in [1.54, 1.807) is 0 Å². The molecule has 1 aliphatic heterocycles. The number of esters is 1. The van der Waals surface area contributed by atoms with Crippen molar-refractivity contribution in [3.05, 3.63) is 71.8 Å². The smallest absolute Gasteiger partial charge is 0.314 e. The average Bonchev–Trinajstić information content (AvgIpc) is 2.65. The number of rotatable bonds is 5. The Labute approximate surface area is 144 Å². The number of nitrogens with zero attached hydrogens (tertiary/aromatic N) is 1. The minimum atomic E-state index is -0.222. The summed E-state index contributed by atoms with van der Waals surface area (Å²) in [5, 5.41) is 0. The highest BCUT2D eigenvalue weighted by Gasteiger charge is 2.36. The van der Waals surface area contributed by atoms with Crippen LogP contribution in [-0.4, -0.2) is 30.6 Å². The quantitative estimate of drug-likeness (QED) is 0.779. The molecular weight excluding hydrogens is 298 g/mol. The molecule has 24 heavy (non-hydrogen) atoms. The Balaban J connectivity index is 1.87. The van der Waals surface area contributed by atoms with Crippen molar-refractivity contribution in [3.63, 3.8) is 0 Å². The molecule has 0 amide bonds. The molecule has 1 fully saturated rings. The average molecular weight is 323 g/mol. The fraction of sp³-hybridized carbons (Fsp3) is 0.381. The topological polar surface area (TPSA) is 29.5 Å². The van der Waals surface area contributed by atoms with Gasteiger partial charge in [-0.3, -0.25) is 9.69 Å². The summed E-state index contributed by atoms with van der Waals surface area (Å²) in [5.41, 5.74) is 2.34. The summed E-state index contributed by atoms with van der Waals surface area (Å²) in [7, 11) is 1.49. The first-order valence-electron chi connectivity index (χ1n) is 8.70. The van der Waals surface area contributed by atoms with Gasteiger partial charge in [-0.25, -0.2) is 0 Å². The third-order valence-corrected chi connectivity index (χ3v) is 4.89. The van der Waals surface area contributed by atoms with E-state index >= 15 is 0 Å². The molecule has 0 spiro atoms. The van der Waals surface area contributed by atoms with Crippen molar-refractivity contribution in [1.82, 2.24) is 4.90 Å². The van der Waals surface area contributed by atoms with Crippen molar-refractivity contribution < 1.29 is 9.53 Å². The van der Waals surface area contributed by atoms with Crippen LogP contribution in [0.2, 0.25) is 0 Å². The molecule has 1 heterocycles. The Bertz CT molecular complexity index is 641. The van der Waals surface area contributed by atoms with Gasteiger partial charge in [0, 0.05) is 12.6 Å². The van der Waals surface area contributed by atoms with Crippen LogP contribution in [0.3, 0.4) is 0 Å². The lowest BCUT2D eigenvalue weighted by Gasteiger charge is -2.39. The predicted octanol–water partition coefficient (Wildman–Crippen LogP) is 4.00. The number of hydrogen-bond donors (Lipinski definition) is 0. The van der Waals surface area contributed by atoms with Gasteiger partial charge in [-0.05, 0) is 30.5 Å². The lowest BCUT2D eigenvalue weighted by atomic mass is 9.85. The summed E-state index contributed by atoms with van der Waals surface area (Å²) < 4.78 is 5.15. The summed E-state index contributed by atoms with van der Waals surface area (Å²) in [6, 6.07) is 20.7. The number of ether oxygens (including phenoxy) is 1. The maximum absolute atomic E-state index is 12.6. The molecule has 2 aromatic carbocycles. The molecule has 2 aromatic rings. The summed E-state index contributed by atoms with van der Waals surface area (Å²) >= 11 is 0. The zero-order valence-corrected chi connectivity index (χ0v) is 14.2. The van der Waals surface area contributed by atoms with Crippen LogP contribution in [0, 0.1) is 0 Å². The van der Waals surface area contributed by atoms with Gasteiger partial charge >= 0.3 is 5.97 Å². The van der Waals surface area contributed by atoms with Crippen LogP contribution in [0.15, 0.2) is 60.7 Å². The fourth-order valence-corrected chi connectivity index (χ4v) is 3.71. The molecule has 3 heteroatoms. The maximum Gasteiger partial charge on any atom is 0.314 e. The van der Waals surface area contributed by atoms with Gasteiger partial charge < -0.3 is 4.74 Å². The number of carbonyl (C=O) groups is 1. The zero-order valence-electron chi connectivity index (χ0n) is 14.2. The lowest BCUT2D eigenvalue weighted by Crippen LogP contribution is -2.45. The van der Waals surface area contributed by atoms with E-state index < -0.39 is 0 Å². The minimum Gasteiger partial charge on any atom is -0.469 e. The second-order valence-corrected chi connectivity index (χ2v) is 6.43. The molecule has 0 unspecified atom stereocenters. The highest BCUT2D eigenvalue weighted by atomic mass is 16.5. The molecule has 1 aliphatic rings. The SMILES string of the molecule is COC(=O)[C@H](c1ccccc1)[C@@H]1CCCCN1Cc1ccccc1. The molecule has 0 bridgehead atoms. The van der Waals surface area contributed by atoms with Crippen LogP contribution in [0.1, 0.15) is 36.3 Å². The lowest BCUT2D eigenvalue weighted by molar-refractivity contribution is -0.144. The van der Waals surface area contributed by atoms with Crippen molar-refractivity contribution in [2.24, 2.45) is 0 Å². The van der Waals surface area contributed by atoms with E-state index in [-0.39, 0.29) is 17.9 Å². The van der Waals surface area contributed by atoms with Crippen LogP contribution < -0.4 is 0 Å². The standard InChI is InChI=1S/C21H25NO2/c1-24-21(23)20(18-12-6-3-7-13-18)19-14-8-9-15-22(19)16-17-10-4-2-5-11-17/h2-7,10-13,19-20H,8-9,14-16H2,1H3/t19-,20+/m0/s1. The molecule has 2 atom stereocenters. The van der Waals surface area contributed by atoms with Gasteiger partial charge in [0.05, 0.1) is 13.0 Å². The van der Waals surface area contributed by atoms with Gasteiger partial charge in [0.2, 0.25) is 0 Å². The highest BCUT2D eigenvalue weighted by molar-refractivity contribution is 5.79. The molecule has 126 valence electrons. The largest absolute Gasteiger partial charge is 0.469 e. The van der Waals surface area contributed by atoms with E-state index in [1.165, 1.54) is 19.1 Å². The van der Waals surface area contributed by atoms with Crippen LogP contribution in [-0.2, 0) is 16.1 Å². The van der Waals surface area contributed by atoms with Gasteiger partial charge in [-0.1, -0.05) is 67.1 Å². The van der Waals surface area contributed by atoms with Crippen molar-refractivity contribution >= 4 is 5.97 Å². The van der Waals surface area contributed by atoms with Crippen LogP contribution in [0.25, 0.3) is 0 Å². The van der Waals surface area contributed by atoms with Crippen LogP contribution in [0.5, 0.6) is 0 Å². The summed E-state index contributed by atoms with van der Waals surface area (Å²) in [4.78, 5) is 15.0. The van der Waals surface area contributed by atoms with E-state index in [9.17, 15) is 4.79 Å². The molecule has 0 N–H and O–H groups in total. The molecule has 1 saturated heterocycles. The summed E-state index contributed by atoms with van der Waals surface area (Å²) in [6.07, 6.45) is 3.38. The fourth-order valence-electron chi connectivity index (χ4n) is 3.71. The molecule has 3 nitrogen and oxygen atoms in total. The van der Waals surface area contributed by atoms with Gasteiger partial charge in [0.25, 0.3) is 0 Å². The van der Waals surface area contributed by atoms with Crippen molar-refractivity contribution in [1.29, 1.82) is 0 Å². The second kappa shape index (κ2) is 8.11. The van der Waals surface area contributed by atoms with Crippen molar-refractivity contribution in [2.75, 3.05) is 13.7 Å². The molecule has 0 saturated carbocycles. The number of carbonyl (C=O) groups excluding carboxylic acids is 1. The minimum absolute atomic E-state index is 0.133. The van der Waals surface area contributed by atoms with Crippen LogP contribution >= 0.6 is 0 Å². The molecular formula is C21H25NO2. The molecule has 0 aromatic heterocycles. The van der Waals surface area contributed by atoms with E-state index in [2.05, 4.69) is 29.2 Å². The molecule has 3 rings (SSSR count). The molecule has 0 radical (unpaired) electrons. The van der Waals surface area contributed by atoms with Gasteiger partial charge in [0.1, 0.15) is 0 Å². The first kappa shape index (κ1) is 16.7. The van der Waals surface area contributed by atoms with E-state index in [4.69, 9.17) is 4.74 Å². The van der Waals surface area contributed by atoms with Gasteiger partial charge in [0.15, 0.2) is 0 Å². The predicted molar refractivity (Wildman–Crippen MR) is 95.7 cm³/mol. The van der Waals surface area contributed by atoms with Gasteiger partial charge in [-0.15, -0.1) is 0 Å². The van der Waals surface area contributed by atoms with E-state index in [0.29, 0.717) is 0 Å². The Morgan fingerprint density at radius 3 is 2.42 bits per heavy atom. The Kier molecular flexibility index (Phi) is 5.65. The van der Waals surface area contributed by atoms with Crippen molar-refractivity contribution in [2.45, 2.75) is 37.8 Å². The normalized spacial score (nSPS) is 19.6. The Morgan fingerprint density at radius 1 is 1.08 bits per heavy atom. The van der Waals surface area contributed by atoms with E-state index in [1.807, 2.05) is 36.4 Å². The van der Waals surface area contributed by atoms with Gasteiger partial charge in [-0.2, -0.15) is 0 Å². The summed E-state index contributed by atoms with van der Waals surface area (Å²) in [6.45, 7) is 1.91. The monoisotopic (exact) mass is 323 g/mol. The first-order valence-corrected chi connectivity index (χ1v) is 8.70. The number of methoxy groups -OCH3 is 1. The third-order valence-electron chi connectivity index (χ3n) is 4.89. The first-order chi connectivity index (χ1) is 11.8. The van der Waals surface area contributed by atoms with Crippen molar-refractivity contribution in [3.8, 4) is 0 Å². The number of benzene rings is 2. The number of piperidine rings is 1. The number of hydrogen-bond acceptors (Lipinski definition) is 3. The Morgan fingerprint density at radius 2 is 1.75 bits per heavy atom. The second-order valence-electron chi connectivity index (χ2n) is 6.43. The highest BCUT2D eigenvalue weighted by Crippen LogP contribution is 2.32. The number of likely N-dealkylation sites (tertiary alicyclic amines) is 1. The zero-order chi connectivity index (χ0) is 16.8.